The maximum atomic E-state index is 13.5. The summed E-state index contributed by atoms with van der Waals surface area (Å²) < 4.78 is 40.2. The van der Waals surface area contributed by atoms with Crippen LogP contribution in [0.5, 0.6) is 0 Å². The van der Waals surface area contributed by atoms with Gasteiger partial charge in [-0.15, -0.1) is 0 Å². The number of halogens is 3. The zero-order valence-corrected chi connectivity index (χ0v) is 19.9. The average Bonchev–Trinajstić information content (AvgIpc) is 2.89. The molecule has 1 aliphatic carbocycles. The molecule has 2 aromatic carbocycles. The molecule has 9 heteroatoms. The maximum absolute atomic E-state index is 13.5. The third kappa shape index (κ3) is 5.03. The molecule has 0 spiro atoms. The number of pyridine rings is 1. The summed E-state index contributed by atoms with van der Waals surface area (Å²) >= 11 is 0. The van der Waals surface area contributed by atoms with Crippen LogP contribution in [0.25, 0.3) is 10.9 Å². The van der Waals surface area contributed by atoms with Crippen molar-refractivity contribution in [1.29, 1.82) is 0 Å². The van der Waals surface area contributed by atoms with Crippen molar-refractivity contribution in [2.24, 2.45) is 0 Å². The minimum Gasteiger partial charge on any atom is -0.390 e. The zero-order chi connectivity index (χ0) is 25.2. The van der Waals surface area contributed by atoms with E-state index in [0.29, 0.717) is 39.3 Å². The molecule has 1 amide bonds. The minimum atomic E-state index is -1.58. The van der Waals surface area contributed by atoms with Gasteiger partial charge in [-0.3, -0.25) is 14.7 Å². The largest absolute Gasteiger partial charge is 0.390 e. The second-order valence-electron chi connectivity index (χ2n) is 9.52. The van der Waals surface area contributed by atoms with Crippen LogP contribution in [0.4, 0.5) is 18.9 Å². The highest BCUT2D eigenvalue weighted by molar-refractivity contribution is 5.94. The first-order valence-electron chi connectivity index (χ1n) is 12.4. The van der Waals surface area contributed by atoms with Crippen molar-refractivity contribution in [1.82, 2.24) is 14.8 Å². The number of hydrogen-bond donors (Lipinski definition) is 2. The minimum absolute atomic E-state index is 0.211. The second-order valence-corrected chi connectivity index (χ2v) is 9.52. The molecule has 190 valence electrons. The third-order valence-corrected chi connectivity index (χ3v) is 7.04. The van der Waals surface area contributed by atoms with E-state index in [-0.39, 0.29) is 5.56 Å². The highest BCUT2D eigenvalue weighted by Crippen LogP contribution is 2.33. The van der Waals surface area contributed by atoms with Gasteiger partial charge in [-0.25, -0.2) is 13.2 Å². The Morgan fingerprint density at radius 1 is 1.03 bits per heavy atom. The first kappa shape index (κ1) is 24.5. The molecular weight excluding hydrogens is 469 g/mol. The molecule has 0 radical (unpaired) electrons. The second kappa shape index (κ2) is 10.4. The van der Waals surface area contributed by atoms with E-state index in [9.17, 15) is 23.1 Å². The van der Waals surface area contributed by atoms with E-state index in [1.807, 2.05) is 18.2 Å². The molecule has 0 bridgehead atoms. The van der Waals surface area contributed by atoms with Crippen LogP contribution in [0.2, 0.25) is 0 Å². The van der Waals surface area contributed by atoms with E-state index in [2.05, 4.69) is 16.3 Å². The summed E-state index contributed by atoms with van der Waals surface area (Å²) in [6.45, 7) is 2.54. The number of benzene rings is 2. The molecule has 36 heavy (non-hydrogen) atoms. The predicted octanol–water partition coefficient (Wildman–Crippen LogP) is 3.76. The fourth-order valence-electron chi connectivity index (χ4n) is 5.15. The Balaban J connectivity index is 1.18. The molecule has 1 fully saturated rings. The van der Waals surface area contributed by atoms with Gasteiger partial charge in [0.1, 0.15) is 0 Å². The van der Waals surface area contributed by atoms with Gasteiger partial charge in [0.25, 0.3) is 5.91 Å². The highest BCUT2D eigenvalue weighted by atomic mass is 19.2. The van der Waals surface area contributed by atoms with Crippen LogP contribution in [-0.4, -0.2) is 71.2 Å². The van der Waals surface area contributed by atoms with Crippen molar-refractivity contribution in [3.05, 3.63) is 70.7 Å². The Hall–Kier alpha value is -3.17. The van der Waals surface area contributed by atoms with Gasteiger partial charge in [0.2, 0.25) is 0 Å². The summed E-state index contributed by atoms with van der Waals surface area (Å²) in [4.78, 5) is 21.0. The number of para-hydroxylation sites is 1. The molecule has 1 aliphatic heterocycles. The van der Waals surface area contributed by atoms with E-state index >= 15 is 0 Å². The van der Waals surface area contributed by atoms with E-state index in [1.165, 1.54) is 10.5 Å². The number of fused-ring (bicyclic) bond motifs is 2. The standard InChI is InChI=1S/C27H29F3N4O2/c28-21-13-17(14-22(29)25(21)30)27(36)34-11-9-33(10-12-34)16-18(35)15-31-26-19-5-1-3-7-23(19)32-24-8-4-2-6-20(24)26/h1,3,5,7,13-14,18,35H,2,4,6,8-12,15-16H2,(H,31,32). The van der Waals surface area contributed by atoms with E-state index in [0.717, 1.165) is 60.1 Å². The molecule has 1 atom stereocenters. The van der Waals surface area contributed by atoms with Crippen LogP contribution < -0.4 is 5.32 Å². The number of amides is 1. The lowest BCUT2D eigenvalue weighted by atomic mass is 9.92. The molecule has 0 saturated carbocycles. The van der Waals surface area contributed by atoms with Crippen molar-refractivity contribution in [2.75, 3.05) is 44.6 Å². The number of piperazine rings is 1. The first-order chi connectivity index (χ1) is 17.4. The molecular formula is C27H29F3N4O2. The first-order valence-corrected chi connectivity index (χ1v) is 12.4. The summed E-state index contributed by atoms with van der Waals surface area (Å²) in [6.07, 6.45) is 3.59. The number of carbonyl (C=O) groups is 1. The van der Waals surface area contributed by atoms with Gasteiger partial charge in [-0.2, -0.15) is 0 Å². The van der Waals surface area contributed by atoms with E-state index in [1.54, 1.807) is 0 Å². The number of β-amino-alcohol motifs (C(OH)–C–C–N with tert-alkyl or cyclic N) is 1. The third-order valence-electron chi connectivity index (χ3n) is 7.04. The molecule has 1 saturated heterocycles. The van der Waals surface area contributed by atoms with Gasteiger partial charge in [0.15, 0.2) is 17.5 Å². The lowest BCUT2D eigenvalue weighted by Crippen LogP contribution is -2.51. The molecule has 2 aliphatic rings. The molecule has 5 rings (SSSR count). The van der Waals surface area contributed by atoms with Gasteiger partial charge >= 0.3 is 0 Å². The number of rotatable bonds is 6. The van der Waals surface area contributed by atoms with Gasteiger partial charge in [0.05, 0.1) is 11.6 Å². The Morgan fingerprint density at radius 2 is 1.72 bits per heavy atom. The summed E-state index contributed by atoms with van der Waals surface area (Å²) in [6, 6.07) is 9.50. The number of anilines is 1. The number of aliphatic hydroxyl groups is 1. The Kier molecular flexibility index (Phi) is 7.11. The van der Waals surface area contributed by atoms with Crippen molar-refractivity contribution >= 4 is 22.5 Å². The van der Waals surface area contributed by atoms with Crippen molar-refractivity contribution in [2.45, 2.75) is 31.8 Å². The highest BCUT2D eigenvalue weighted by Gasteiger charge is 2.25. The summed E-state index contributed by atoms with van der Waals surface area (Å²) in [5.74, 6) is -4.88. The molecule has 2 N–H and O–H groups in total. The van der Waals surface area contributed by atoms with Crippen LogP contribution >= 0.6 is 0 Å². The van der Waals surface area contributed by atoms with E-state index < -0.39 is 29.5 Å². The average molecular weight is 499 g/mol. The molecule has 1 unspecified atom stereocenters. The Morgan fingerprint density at radius 3 is 2.47 bits per heavy atom. The van der Waals surface area contributed by atoms with Crippen LogP contribution in [0.15, 0.2) is 36.4 Å². The molecule has 2 heterocycles. The fraction of sp³-hybridized carbons (Fsp3) is 0.407. The van der Waals surface area contributed by atoms with Crippen LogP contribution in [0.3, 0.4) is 0 Å². The zero-order valence-electron chi connectivity index (χ0n) is 19.9. The van der Waals surface area contributed by atoms with Crippen molar-refractivity contribution in [3.63, 3.8) is 0 Å². The normalized spacial score (nSPS) is 17.2. The van der Waals surface area contributed by atoms with Gasteiger partial charge in [0, 0.05) is 61.6 Å². The number of nitrogens with zero attached hydrogens (tertiary/aromatic N) is 3. The molecule has 1 aromatic heterocycles. The molecule has 3 aromatic rings. The van der Waals surface area contributed by atoms with Crippen molar-refractivity contribution in [3.8, 4) is 0 Å². The van der Waals surface area contributed by atoms with Crippen molar-refractivity contribution < 1.29 is 23.1 Å². The SMILES string of the molecule is O=C(c1cc(F)c(F)c(F)c1)N1CCN(CC(O)CNc2c3c(nc4ccccc24)CCCC3)CC1. The predicted molar refractivity (Wildman–Crippen MR) is 132 cm³/mol. The quantitative estimate of drug-likeness (QED) is 0.507. The lowest BCUT2D eigenvalue weighted by Gasteiger charge is -2.35. The number of aryl methyl sites for hydroxylation is 1. The number of carbonyl (C=O) groups excluding carboxylic acids is 1. The summed E-state index contributed by atoms with van der Waals surface area (Å²) in [5, 5.41) is 15.3. The lowest BCUT2D eigenvalue weighted by molar-refractivity contribution is 0.0546. The number of aromatic nitrogens is 1. The topological polar surface area (TPSA) is 68.7 Å². The number of aliphatic hydroxyl groups excluding tert-OH is 1. The number of nitrogens with one attached hydrogen (secondary N) is 1. The van der Waals surface area contributed by atoms with Crippen LogP contribution in [0, 0.1) is 17.5 Å². The summed E-state index contributed by atoms with van der Waals surface area (Å²) in [7, 11) is 0. The van der Waals surface area contributed by atoms with E-state index in [4.69, 9.17) is 4.98 Å². The number of hydrogen-bond acceptors (Lipinski definition) is 5. The monoisotopic (exact) mass is 498 g/mol. The van der Waals surface area contributed by atoms with Gasteiger partial charge < -0.3 is 15.3 Å². The summed E-state index contributed by atoms with van der Waals surface area (Å²) in [5.41, 5.74) is 4.18. The smallest absolute Gasteiger partial charge is 0.254 e. The Labute approximate surface area is 207 Å². The maximum Gasteiger partial charge on any atom is 0.254 e. The van der Waals surface area contributed by atoms with Gasteiger partial charge in [-0.1, -0.05) is 18.2 Å². The van der Waals surface area contributed by atoms with Crippen LogP contribution in [0.1, 0.15) is 34.5 Å². The Bertz CT molecular complexity index is 1250. The molecule has 6 nitrogen and oxygen atoms in total. The fourth-order valence-corrected chi connectivity index (χ4v) is 5.15. The van der Waals surface area contributed by atoms with Gasteiger partial charge in [-0.05, 0) is 49.4 Å². The van der Waals surface area contributed by atoms with Crippen LogP contribution in [-0.2, 0) is 12.8 Å².